The summed E-state index contributed by atoms with van der Waals surface area (Å²) >= 11 is 3.32. The van der Waals surface area contributed by atoms with Crippen molar-refractivity contribution in [2.75, 3.05) is 5.32 Å². The number of aliphatic carboxylic acids is 1. The summed E-state index contributed by atoms with van der Waals surface area (Å²) in [4.78, 5) is 27.9. The molecule has 114 valence electrons. The topological polar surface area (TPSA) is 79.3 Å². The summed E-state index contributed by atoms with van der Waals surface area (Å²) in [6.07, 6.45) is 3.73. The standard InChI is InChI=1S/C15H19BrN2O3/c1-3-9-5-11(12(6-9)15(20)21)14(19)18-13-8(2)4-10(16)7-17-13/h4,7,9,11-12H,3,5-6H2,1-2H3,(H,20,21)(H,17,18,19)/t9?,11-,12+/m0/s1. The van der Waals surface area contributed by atoms with Gasteiger partial charge < -0.3 is 10.4 Å². The Hall–Kier alpha value is -1.43. The van der Waals surface area contributed by atoms with Crippen LogP contribution in [-0.2, 0) is 9.59 Å². The smallest absolute Gasteiger partial charge is 0.307 e. The van der Waals surface area contributed by atoms with Gasteiger partial charge in [-0.15, -0.1) is 0 Å². The fourth-order valence-corrected chi connectivity index (χ4v) is 3.37. The highest BCUT2D eigenvalue weighted by Crippen LogP contribution is 2.39. The summed E-state index contributed by atoms with van der Waals surface area (Å²) in [6.45, 7) is 3.88. The normalized spacial score (nSPS) is 24.8. The Morgan fingerprint density at radius 1 is 1.43 bits per heavy atom. The molecule has 0 aliphatic heterocycles. The second kappa shape index (κ2) is 6.56. The first-order chi connectivity index (χ1) is 9.92. The quantitative estimate of drug-likeness (QED) is 0.869. The molecule has 0 radical (unpaired) electrons. The van der Waals surface area contributed by atoms with E-state index in [0.717, 1.165) is 16.5 Å². The Bertz CT molecular complexity index is 562. The molecule has 21 heavy (non-hydrogen) atoms. The number of carboxylic acids is 1. The molecule has 2 rings (SSSR count). The minimum atomic E-state index is -0.883. The molecule has 2 N–H and O–H groups in total. The maximum atomic E-state index is 12.4. The Kier molecular flexibility index (Phi) is 4.98. The Labute approximate surface area is 132 Å². The van der Waals surface area contributed by atoms with Crippen LogP contribution >= 0.6 is 15.9 Å². The van der Waals surface area contributed by atoms with Crippen LogP contribution in [0.1, 0.15) is 31.7 Å². The Morgan fingerprint density at radius 3 is 2.67 bits per heavy atom. The lowest BCUT2D eigenvalue weighted by Crippen LogP contribution is -2.30. The van der Waals surface area contributed by atoms with Crippen LogP contribution < -0.4 is 5.32 Å². The number of nitrogens with one attached hydrogen (secondary N) is 1. The number of aromatic nitrogens is 1. The molecule has 1 fully saturated rings. The van der Waals surface area contributed by atoms with Gasteiger partial charge in [0, 0.05) is 10.7 Å². The van der Waals surface area contributed by atoms with Crippen molar-refractivity contribution in [2.24, 2.45) is 17.8 Å². The van der Waals surface area contributed by atoms with Crippen molar-refractivity contribution >= 4 is 33.6 Å². The highest BCUT2D eigenvalue weighted by molar-refractivity contribution is 9.10. The van der Waals surface area contributed by atoms with E-state index >= 15 is 0 Å². The van der Waals surface area contributed by atoms with Crippen molar-refractivity contribution in [2.45, 2.75) is 33.1 Å². The van der Waals surface area contributed by atoms with Crippen LogP contribution in [0.3, 0.4) is 0 Å². The first-order valence-corrected chi connectivity index (χ1v) is 7.87. The number of carbonyl (C=O) groups excluding carboxylic acids is 1. The summed E-state index contributed by atoms with van der Waals surface area (Å²) in [6, 6.07) is 1.86. The minimum Gasteiger partial charge on any atom is -0.481 e. The van der Waals surface area contributed by atoms with Crippen LogP contribution in [0.2, 0.25) is 0 Å². The SMILES string of the molecule is CCC1C[C@H](C(=O)Nc2ncc(Br)cc2C)[C@H](C(=O)O)C1. The van der Waals surface area contributed by atoms with Crippen molar-refractivity contribution in [3.63, 3.8) is 0 Å². The monoisotopic (exact) mass is 354 g/mol. The first-order valence-electron chi connectivity index (χ1n) is 7.08. The zero-order valence-corrected chi connectivity index (χ0v) is 13.7. The number of hydrogen-bond donors (Lipinski definition) is 2. The molecule has 1 aliphatic carbocycles. The average molecular weight is 355 g/mol. The van der Waals surface area contributed by atoms with E-state index in [0.29, 0.717) is 24.6 Å². The second-order valence-corrected chi connectivity index (χ2v) is 6.52. The van der Waals surface area contributed by atoms with Gasteiger partial charge in [0.2, 0.25) is 5.91 Å². The van der Waals surface area contributed by atoms with Crippen LogP contribution in [0.15, 0.2) is 16.7 Å². The fourth-order valence-electron chi connectivity index (χ4n) is 2.92. The van der Waals surface area contributed by atoms with Gasteiger partial charge in [0.05, 0.1) is 11.8 Å². The molecule has 6 heteroatoms. The Balaban J connectivity index is 2.13. The molecule has 5 nitrogen and oxygen atoms in total. The largest absolute Gasteiger partial charge is 0.481 e. The second-order valence-electron chi connectivity index (χ2n) is 5.61. The van der Waals surface area contributed by atoms with Crippen molar-refractivity contribution in [3.05, 3.63) is 22.3 Å². The Morgan fingerprint density at radius 2 is 2.10 bits per heavy atom. The van der Waals surface area contributed by atoms with Gasteiger partial charge >= 0.3 is 5.97 Å². The summed E-state index contributed by atoms with van der Waals surface area (Å²) in [5, 5.41) is 12.1. The van der Waals surface area contributed by atoms with Crippen molar-refractivity contribution in [3.8, 4) is 0 Å². The molecule has 1 aromatic heterocycles. The number of nitrogens with zero attached hydrogens (tertiary/aromatic N) is 1. The molecule has 0 bridgehead atoms. The van der Waals surface area contributed by atoms with Gasteiger partial charge in [-0.2, -0.15) is 0 Å². The highest BCUT2D eigenvalue weighted by Gasteiger charge is 2.42. The molecule has 0 aromatic carbocycles. The third-order valence-corrected chi connectivity index (χ3v) is 4.61. The van der Waals surface area contributed by atoms with Crippen LogP contribution in [0.4, 0.5) is 5.82 Å². The molecule has 3 atom stereocenters. The van der Waals surface area contributed by atoms with E-state index in [1.54, 1.807) is 6.20 Å². The molecule has 1 saturated carbocycles. The number of carboxylic acid groups (broad SMARTS) is 1. The number of halogens is 1. The highest BCUT2D eigenvalue weighted by atomic mass is 79.9. The van der Waals surface area contributed by atoms with Crippen LogP contribution in [0.5, 0.6) is 0 Å². The molecular weight excluding hydrogens is 336 g/mol. The molecule has 1 aliphatic rings. The number of anilines is 1. The predicted molar refractivity (Wildman–Crippen MR) is 82.9 cm³/mol. The lowest BCUT2D eigenvalue weighted by molar-refractivity contribution is -0.145. The number of rotatable bonds is 4. The molecule has 0 spiro atoms. The minimum absolute atomic E-state index is 0.240. The van der Waals surface area contributed by atoms with Gasteiger partial charge in [-0.05, 0) is 53.2 Å². The lowest BCUT2D eigenvalue weighted by Gasteiger charge is -2.16. The van der Waals surface area contributed by atoms with Crippen LogP contribution in [0, 0.1) is 24.7 Å². The molecule has 1 aromatic rings. The van der Waals surface area contributed by atoms with Crippen molar-refractivity contribution < 1.29 is 14.7 Å². The maximum absolute atomic E-state index is 12.4. The van der Waals surface area contributed by atoms with E-state index < -0.39 is 17.8 Å². The van der Waals surface area contributed by atoms with E-state index in [4.69, 9.17) is 0 Å². The first kappa shape index (κ1) is 15.9. The van der Waals surface area contributed by atoms with Gasteiger partial charge in [0.15, 0.2) is 0 Å². The molecular formula is C15H19BrN2O3. The summed E-state index contributed by atoms with van der Waals surface area (Å²) in [5.41, 5.74) is 0.842. The van der Waals surface area contributed by atoms with E-state index in [1.807, 2.05) is 19.9 Å². The van der Waals surface area contributed by atoms with Gasteiger partial charge in [-0.1, -0.05) is 13.3 Å². The van der Waals surface area contributed by atoms with Gasteiger partial charge in [0.1, 0.15) is 5.82 Å². The maximum Gasteiger partial charge on any atom is 0.307 e. The predicted octanol–water partition coefficient (Wildman–Crippen LogP) is 3.23. The summed E-state index contributed by atoms with van der Waals surface area (Å²) in [7, 11) is 0. The summed E-state index contributed by atoms with van der Waals surface area (Å²) in [5.74, 6) is -1.39. The zero-order valence-electron chi connectivity index (χ0n) is 12.1. The fraction of sp³-hybridized carbons (Fsp3) is 0.533. The molecule has 1 amide bonds. The van der Waals surface area contributed by atoms with E-state index in [1.165, 1.54) is 0 Å². The summed E-state index contributed by atoms with van der Waals surface area (Å²) < 4.78 is 0.841. The zero-order chi connectivity index (χ0) is 15.6. The number of carbonyl (C=O) groups is 2. The lowest BCUT2D eigenvalue weighted by atomic mass is 9.95. The van der Waals surface area contributed by atoms with Crippen LogP contribution in [-0.4, -0.2) is 22.0 Å². The number of hydrogen-bond acceptors (Lipinski definition) is 3. The number of amides is 1. The van der Waals surface area contributed by atoms with Crippen molar-refractivity contribution in [1.82, 2.24) is 4.98 Å². The third kappa shape index (κ3) is 3.61. The molecule has 1 unspecified atom stereocenters. The number of pyridine rings is 1. The molecule has 0 saturated heterocycles. The van der Waals surface area contributed by atoms with Crippen LogP contribution in [0.25, 0.3) is 0 Å². The van der Waals surface area contributed by atoms with E-state index in [9.17, 15) is 14.7 Å². The van der Waals surface area contributed by atoms with Crippen molar-refractivity contribution in [1.29, 1.82) is 0 Å². The van der Waals surface area contributed by atoms with E-state index in [-0.39, 0.29) is 5.91 Å². The van der Waals surface area contributed by atoms with Gasteiger partial charge in [-0.3, -0.25) is 9.59 Å². The molecule has 1 heterocycles. The van der Waals surface area contributed by atoms with Gasteiger partial charge in [0.25, 0.3) is 0 Å². The number of aryl methyl sites for hydroxylation is 1. The van der Waals surface area contributed by atoms with Gasteiger partial charge in [-0.25, -0.2) is 4.98 Å². The van der Waals surface area contributed by atoms with E-state index in [2.05, 4.69) is 26.2 Å². The average Bonchev–Trinajstić information content (AvgIpc) is 2.86. The third-order valence-electron chi connectivity index (χ3n) is 4.18.